The summed E-state index contributed by atoms with van der Waals surface area (Å²) in [7, 11) is 0. The van der Waals surface area contributed by atoms with Gasteiger partial charge in [-0.1, -0.05) is 18.9 Å². The largest absolute Gasteiger partial charge is 0.307 e. The lowest BCUT2D eigenvalue weighted by atomic mass is 9.98. The highest BCUT2D eigenvalue weighted by molar-refractivity contribution is 5.13. The second-order valence-corrected chi connectivity index (χ2v) is 5.01. The molecular weight excluding hydrogens is 196 g/mol. The van der Waals surface area contributed by atoms with Crippen LogP contribution in [0.3, 0.4) is 0 Å². The van der Waals surface area contributed by atoms with E-state index in [2.05, 4.69) is 30.2 Å². The van der Waals surface area contributed by atoms with E-state index in [1.807, 2.05) is 18.5 Å². The average molecular weight is 218 g/mol. The first kappa shape index (κ1) is 11.6. The summed E-state index contributed by atoms with van der Waals surface area (Å²) in [5, 5.41) is 3.70. The lowest BCUT2D eigenvalue weighted by Crippen LogP contribution is -2.34. The summed E-state index contributed by atoms with van der Waals surface area (Å²) in [6.45, 7) is 4.55. The van der Waals surface area contributed by atoms with Crippen molar-refractivity contribution in [2.75, 3.05) is 0 Å². The molecular formula is C14H22N2. The molecule has 0 amide bonds. The molecule has 88 valence electrons. The Morgan fingerprint density at radius 1 is 1.31 bits per heavy atom. The molecule has 1 saturated carbocycles. The van der Waals surface area contributed by atoms with Gasteiger partial charge < -0.3 is 5.32 Å². The Morgan fingerprint density at radius 2 is 2.06 bits per heavy atom. The second-order valence-electron chi connectivity index (χ2n) is 5.01. The SMILES string of the molecule is CC(NC(C)C1CCCC1)c1cccnc1. The van der Waals surface area contributed by atoms with Crippen LogP contribution < -0.4 is 5.32 Å². The molecule has 16 heavy (non-hydrogen) atoms. The Morgan fingerprint density at radius 3 is 2.69 bits per heavy atom. The van der Waals surface area contributed by atoms with E-state index in [1.165, 1.54) is 31.2 Å². The number of pyridine rings is 1. The van der Waals surface area contributed by atoms with Crippen LogP contribution in [0.15, 0.2) is 24.5 Å². The third-order valence-electron chi connectivity index (χ3n) is 3.80. The lowest BCUT2D eigenvalue weighted by molar-refractivity contribution is 0.352. The standard InChI is InChI=1S/C14H22N2/c1-11(13-6-3-4-7-13)16-12(2)14-8-5-9-15-10-14/h5,8-13,16H,3-4,6-7H2,1-2H3. The zero-order valence-electron chi connectivity index (χ0n) is 10.3. The predicted octanol–water partition coefficient (Wildman–Crippen LogP) is 3.31. The molecule has 0 aromatic carbocycles. The van der Waals surface area contributed by atoms with Crippen molar-refractivity contribution in [2.45, 2.75) is 51.6 Å². The Kier molecular flexibility index (Phi) is 3.94. The van der Waals surface area contributed by atoms with Crippen molar-refractivity contribution >= 4 is 0 Å². The molecule has 1 fully saturated rings. The van der Waals surface area contributed by atoms with Crippen LogP contribution in [0.2, 0.25) is 0 Å². The highest BCUT2D eigenvalue weighted by Crippen LogP contribution is 2.28. The van der Waals surface area contributed by atoms with Gasteiger partial charge in [-0.2, -0.15) is 0 Å². The molecule has 2 unspecified atom stereocenters. The number of hydrogen-bond donors (Lipinski definition) is 1. The van der Waals surface area contributed by atoms with E-state index in [9.17, 15) is 0 Å². The number of nitrogens with zero attached hydrogens (tertiary/aromatic N) is 1. The average Bonchev–Trinajstić information content (AvgIpc) is 2.83. The fraction of sp³-hybridized carbons (Fsp3) is 0.643. The molecule has 1 aromatic heterocycles. The van der Waals surface area contributed by atoms with Crippen molar-refractivity contribution in [1.29, 1.82) is 0 Å². The molecule has 1 heterocycles. The van der Waals surface area contributed by atoms with Crippen molar-refractivity contribution in [3.63, 3.8) is 0 Å². The van der Waals surface area contributed by atoms with E-state index < -0.39 is 0 Å². The quantitative estimate of drug-likeness (QED) is 0.838. The molecule has 0 aliphatic heterocycles. The van der Waals surface area contributed by atoms with Gasteiger partial charge in [-0.05, 0) is 44.2 Å². The van der Waals surface area contributed by atoms with Gasteiger partial charge in [-0.3, -0.25) is 4.98 Å². The van der Waals surface area contributed by atoms with Gasteiger partial charge in [0.25, 0.3) is 0 Å². The van der Waals surface area contributed by atoms with E-state index in [1.54, 1.807) is 0 Å². The first-order valence-corrected chi connectivity index (χ1v) is 6.43. The molecule has 0 spiro atoms. The second kappa shape index (κ2) is 5.44. The molecule has 1 aliphatic carbocycles. The number of aromatic nitrogens is 1. The van der Waals surface area contributed by atoms with Crippen molar-refractivity contribution in [3.05, 3.63) is 30.1 Å². The normalized spacial score (nSPS) is 20.9. The highest BCUT2D eigenvalue weighted by Gasteiger charge is 2.22. The molecule has 2 heteroatoms. The molecule has 1 N–H and O–H groups in total. The van der Waals surface area contributed by atoms with Crippen LogP contribution >= 0.6 is 0 Å². The summed E-state index contributed by atoms with van der Waals surface area (Å²) >= 11 is 0. The summed E-state index contributed by atoms with van der Waals surface area (Å²) in [6, 6.07) is 5.18. The first-order valence-electron chi connectivity index (χ1n) is 6.43. The molecule has 2 nitrogen and oxygen atoms in total. The summed E-state index contributed by atoms with van der Waals surface area (Å²) in [5.74, 6) is 0.874. The maximum Gasteiger partial charge on any atom is 0.0315 e. The number of hydrogen-bond acceptors (Lipinski definition) is 2. The van der Waals surface area contributed by atoms with E-state index in [-0.39, 0.29) is 0 Å². The maximum absolute atomic E-state index is 4.17. The smallest absolute Gasteiger partial charge is 0.0315 e. The van der Waals surface area contributed by atoms with Gasteiger partial charge in [-0.15, -0.1) is 0 Å². The van der Waals surface area contributed by atoms with Gasteiger partial charge in [0.15, 0.2) is 0 Å². The maximum atomic E-state index is 4.17. The lowest BCUT2D eigenvalue weighted by Gasteiger charge is -2.24. The fourth-order valence-electron chi connectivity index (χ4n) is 2.72. The van der Waals surface area contributed by atoms with E-state index in [0.29, 0.717) is 12.1 Å². The van der Waals surface area contributed by atoms with Gasteiger partial charge in [0.1, 0.15) is 0 Å². The molecule has 1 aromatic rings. The molecule has 0 radical (unpaired) electrons. The fourth-order valence-corrected chi connectivity index (χ4v) is 2.72. The molecule has 0 saturated heterocycles. The van der Waals surface area contributed by atoms with Gasteiger partial charge in [0.05, 0.1) is 0 Å². The highest BCUT2D eigenvalue weighted by atomic mass is 14.9. The Hall–Kier alpha value is -0.890. The zero-order valence-corrected chi connectivity index (χ0v) is 10.3. The van der Waals surface area contributed by atoms with Crippen LogP contribution in [0.4, 0.5) is 0 Å². The van der Waals surface area contributed by atoms with Crippen molar-refractivity contribution < 1.29 is 0 Å². The van der Waals surface area contributed by atoms with Crippen LogP contribution in [-0.4, -0.2) is 11.0 Å². The van der Waals surface area contributed by atoms with Crippen molar-refractivity contribution in [1.82, 2.24) is 10.3 Å². The van der Waals surface area contributed by atoms with E-state index in [4.69, 9.17) is 0 Å². The Balaban J connectivity index is 1.89. The topological polar surface area (TPSA) is 24.9 Å². The van der Waals surface area contributed by atoms with Gasteiger partial charge in [-0.25, -0.2) is 0 Å². The summed E-state index contributed by atoms with van der Waals surface area (Å²) < 4.78 is 0. The van der Waals surface area contributed by atoms with Crippen LogP contribution in [0.1, 0.15) is 51.1 Å². The molecule has 0 bridgehead atoms. The van der Waals surface area contributed by atoms with E-state index >= 15 is 0 Å². The number of nitrogens with one attached hydrogen (secondary N) is 1. The van der Waals surface area contributed by atoms with Crippen LogP contribution in [0.5, 0.6) is 0 Å². The first-order chi connectivity index (χ1) is 7.77. The summed E-state index contributed by atoms with van der Waals surface area (Å²) in [4.78, 5) is 4.17. The Bertz CT molecular complexity index is 304. The van der Waals surface area contributed by atoms with Crippen molar-refractivity contribution in [2.24, 2.45) is 5.92 Å². The van der Waals surface area contributed by atoms with Crippen LogP contribution in [0.25, 0.3) is 0 Å². The molecule has 1 aliphatic rings. The third-order valence-corrected chi connectivity index (χ3v) is 3.80. The van der Waals surface area contributed by atoms with Crippen molar-refractivity contribution in [3.8, 4) is 0 Å². The summed E-state index contributed by atoms with van der Waals surface area (Å²) in [6.07, 6.45) is 9.41. The van der Waals surface area contributed by atoms with E-state index in [0.717, 1.165) is 5.92 Å². The zero-order chi connectivity index (χ0) is 11.4. The monoisotopic (exact) mass is 218 g/mol. The number of rotatable bonds is 4. The van der Waals surface area contributed by atoms with Gasteiger partial charge in [0, 0.05) is 24.5 Å². The molecule has 2 atom stereocenters. The third kappa shape index (κ3) is 2.82. The minimum atomic E-state index is 0.407. The van der Waals surface area contributed by atoms with Gasteiger partial charge >= 0.3 is 0 Å². The molecule has 2 rings (SSSR count). The van der Waals surface area contributed by atoms with Gasteiger partial charge in [0.2, 0.25) is 0 Å². The van der Waals surface area contributed by atoms with Crippen LogP contribution in [0, 0.1) is 5.92 Å². The minimum Gasteiger partial charge on any atom is -0.307 e. The Labute approximate surface area is 98.5 Å². The minimum absolute atomic E-state index is 0.407. The summed E-state index contributed by atoms with van der Waals surface area (Å²) in [5.41, 5.74) is 1.28. The van der Waals surface area contributed by atoms with Crippen LogP contribution in [-0.2, 0) is 0 Å². The predicted molar refractivity (Wildman–Crippen MR) is 67.2 cm³/mol.